The van der Waals surface area contributed by atoms with Gasteiger partial charge in [0.05, 0.1) is 5.69 Å². The molecule has 0 heterocycles. The van der Waals surface area contributed by atoms with Crippen LogP contribution in [0.1, 0.15) is 0 Å². The lowest BCUT2D eigenvalue weighted by Crippen LogP contribution is -1.71. The third-order valence-corrected chi connectivity index (χ3v) is 2.79. The summed E-state index contributed by atoms with van der Waals surface area (Å²) in [4.78, 5) is 2.71. The van der Waals surface area contributed by atoms with Crippen LogP contribution in [0.3, 0.4) is 0 Å². The van der Waals surface area contributed by atoms with Crippen LogP contribution >= 0.6 is 47.8 Å². The van der Waals surface area contributed by atoms with Crippen LogP contribution in [0, 0.1) is 0 Å². The Kier molecular flexibility index (Phi) is 3.58. The topological polar surface area (TPSA) is 48.8 Å². The molecule has 0 N–H and O–H groups in total. The van der Waals surface area contributed by atoms with E-state index in [2.05, 4.69) is 57.8 Å². The van der Waals surface area contributed by atoms with Gasteiger partial charge in [-0.1, -0.05) is 52.9 Å². The zero-order valence-electron chi connectivity index (χ0n) is 5.63. The van der Waals surface area contributed by atoms with E-state index in [9.17, 15) is 0 Å². The number of hydrogen-bond donors (Lipinski definition) is 0. The Labute approximate surface area is 94.2 Å². The lowest BCUT2D eigenvalue weighted by atomic mass is 10.3. The molecule has 0 saturated carbocycles. The van der Waals surface area contributed by atoms with Crippen LogP contribution in [-0.4, -0.2) is 0 Å². The molecule has 0 aromatic heterocycles. The molecule has 0 fully saturated rings. The summed E-state index contributed by atoms with van der Waals surface area (Å²) in [5, 5.41) is 3.51. The van der Waals surface area contributed by atoms with E-state index in [0.29, 0.717) is 5.69 Å². The molecule has 62 valence electrons. The summed E-state index contributed by atoms with van der Waals surface area (Å²) >= 11 is 9.85. The van der Waals surface area contributed by atoms with Crippen molar-refractivity contribution >= 4 is 53.5 Å². The molecule has 0 bridgehead atoms. The lowest BCUT2D eigenvalue weighted by Gasteiger charge is -2.00. The third kappa shape index (κ3) is 2.23. The van der Waals surface area contributed by atoms with Gasteiger partial charge in [-0.05, 0) is 17.7 Å². The van der Waals surface area contributed by atoms with Gasteiger partial charge in [-0.3, -0.25) is 0 Å². The average Bonchev–Trinajstić information content (AvgIpc) is 1.96. The highest BCUT2D eigenvalue weighted by Gasteiger charge is 2.03. The van der Waals surface area contributed by atoms with Crippen molar-refractivity contribution in [1.82, 2.24) is 0 Å². The van der Waals surface area contributed by atoms with Gasteiger partial charge >= 0.3 is 0 Å². The quantitative estimate of drug-likeness (QED) is 0.390. The van der Waals surface area contributed by atoms with Gasteiger partial charge in [0, 0.05) is 18.3 Å². The second-order valence-corrected chi connectivity index (χ2v) is 4.53. The van der Waals surface area contributed by atoms with E-state index in [1.54, 1.807) is 0 Å². The molecule has 6 heteroatoms. The zero-order valence-corrected chi connectivity index (χ0v) is 10.4. The van der Waals surface area contributed by atoms with Crippen molar-refractivity contribution in [3.8, 4) is 0 Å². The fourth-order valence-corrected chi connectivity index (χ4v) is 3.09. The molecule has 0 aliphatic carbocycles. The summed E-state index contributed by atoms with van der Waals surface area (Å²) in [5.41, 5.74) is 8.80. The molecule has 0 saturated heterocycles. The molecule has 0 atom stereocenters. The molecule has 1 rings (SSSR count). The number of halogens is 3. The van der Waals surface area contributed by atoms with E-state index in [1.807, 2.05) is 12.1 Å². The summed E-state index contributed by atoms with van der Waals surface area (Å²) in [5.74, 6) is 0. The Morgan fingerprint density at radius 2 is 1.67 bits per heavy atom. The first-order valence-electron chi connectivity index (χ1n) is 2.85. The van der Waals surface area contributed by atoms with E-state index >= 15 is 0 Å². The molecule has 0 unspecified atom stereocenters. The summed E-state index contributed by atoms with van der Waals surface area (Å²) in [6, 6.07) is 3.63. The molecule has 0 amide bonds. The molecular weight excluding hydrogens is 354 g/mol. The largest absolute Gasteiger partial charge is 0.0660 e. The van der Waals surface area contributed by atoms with Crippen LogP contribution in [-0.2, 0) is 0 Å². The molecule has 3 nitrogen and oxygen atoms in total. The highest BCUT2D eigenvalue weighted by Crippen LogP contribution is 2.36. The van der Waals surface area contributed by atoms with Crippen LogP contribution in [0.5, 0.6) is 0 Å². The lowest BCUT2D eigenvalue weighted by molar-refractivity contribution is 1.41. The fourth-order valence-electron chi connectivity index (χ4n) is 0.675. The van der Waals surface area contributed by atoms with Crippen LogP contribution < -0.4 is 0 Å². The second kappa shape index (κ2) is 4.28. The van der Waals surface area contributed by atoms with Gasteiger partial charge in [-0.15, -0.1) is 0 Å². The van der Waals surface area contributed by atoms with E-state index in [-0.39, 0.29) is 0 Å². The first-order chi connectivity index (χ1) is 5.65. The Hall–Kier alpha value is -0.0300. The van der Waals surface area contributed by atoms with Gasteiger partial charge < -0.3 is 0 Å². The van der Waals surface area contributed by atoms with Crippen molar-refractivity contribution in [1.29, 1.82) is 0 Å². The maximum atomic E-state index is 8.24. The van der Waals surface area contributed by atoms with E-state index < -0.39 is 0 Å². The molecule has 1 aromatic carbocycles. The minimum absolute atomic E-state index is 0.556. The first kappa shape index (κ1) is 10.1. The predicted octanol–water partition coefficient (Wildman–Crippen LogP) is 4.92. The van der Waals surface area contributed by atoms with Gasteiger partial charge in [0.25, 0.3) is 0 Å². The maximum Gasteiger partial charge on any atom is 0.0660 e. The summed E-state index contributed by atoms with van der Waals surface area (Å²) < 4.78 is 2.42. The van der Waals surface area contributed by atoms with Gasteiger partial charge in [0.2, 0.25) is 0 Å². The van der Waals surface area contributed by atoms with Crippen LogP contribution in [0.25, 0.3) is 10.4 Å². The van der Waals surface area contributed by atoms with Gasteiger partial charge in [-0.25, -0.2) is 0 Å². The van der Waals surface area contributed by atoms with Crippen molar-refractivity contribution in [2.24, 2.45) is 5.11 Å². The number of rotatable bonds is 1. The molecule has 1 aromatic rings. The van der Waals surface area contributed by atoms with Gasteiger partial charge in [0.15, 0.2) is 0 Å². The van der Waals surface area contributed by atoms with E-state index in [4.69, 9.17) is 5.53 Å². The van der Waals surface area contributed by atoms with Crippen molar-refractivity contribution in [2.75, 3.05) is 0 Å². The molecule has 0 aliphatic rings. The normalized spacial score (nSPS) is 9.25. The Balaban J connectivity index is 3.37. The third-order valence-electron chi connectivity index (χ3n) is 1.13. The Morgan fingerprint density at radius 1 is 1.17 bits per heavy atom. The molecular formula is C6H2Br3N3. The van der Waals surface area contributed by atoms with Crippen LogP contribution in [0.2, 0.25) is 0 Å². The second-order valence-electron chi connectivity index (χ2n) is 1.91. The molecule has 0 radical (unpaired) electrons. The Morgan fingerprint density at radius 3 is 2.08 bits per heavy atom. The predicted molar refractivity (Wildman–Crippen MR) is 58.3 cm³/mol. The van der Waals surface area contributed by atoms with Crippen molar-refractivity contribution in [2.45, 2.75) is 0 Å². The first-order valence-corrected chi connectivity index (χ1v) is 5.22. The summed E-state index contributed by atoms with van der Waals surface area (Å²) in [6.45, 7) is 0. The van der Waals surface area contributed by atoms with E-state index in [0.717, 1.165) is 13.4 Å². The highest BCUT2D eigenvalue weighted by atomic mass is 79.9. The molecule has 12 heavy (non-hydrogen) atoms. The molecule has 0 spiro atoms. The van der Waals surface area contributed by atoms with Crippen LogP contribution in [0.15, 0.2) is 30.7 Å². The summed E-state index contributed by atoms with van der Waals surface area (Å²) in [6.07, 6.45) is 0. The monoisotopic (exact) mass is 353 g/mol. The number of azide groups is 1. The minimum Gasteiger partial charge on any atom is -0.0584 e. The SMILES string of the molecule is [N-]=[N+]=Nc1c(Br)cc(Br)cc1Br. The summed E-state index contributed by atoms with van der Waals surface area (Å²) in [7, 11) is 0. The zero-order chi connectivity index (χ0) is 9.14. The van der Waals surface area contributed by atoms with E-state index in [1.165, 1.54) is 0 Å². The highest BCUT2D eigenvalue weighted by molar-refractivity contribution is 9.11. The number of benzene rings is 1. The smallest absolute Gasteiger partial charge is 0.0584 e. The molecule has 0 aliphatic heterocycles. The van der Waals surface area contributed by atoms with Crippen LogP contribution in [0.4, 0.5) is 5.69 Å². The van der Waals surface area contributed by atoms with Gasteiger partial charge in [0.1, 0.15) is 0 Å². The van der Waals surface area contributed by atoms with Crippen molar-refractivity contribution in [3.05, 3.63) is 36.0 Å². The fraction of sp³-hybridized carbons (Fsp3) is 0. The Bertz CT molecular complexity index is 334. The van der Waals surface area contributed by atoms with Gasteiger partial charge in [-0.2, -0.15) is 0 Å². The minimum atomic E-state index is 0.556. The average molecular weight is 356 g/mol. The maximum absolute atomic E-state index is 8.24. The number of nitrogens with zero attached hydrogens (tertiary/aromatic N) is 3. The standard InChI is InChI=1S/C6H2Br3N3/c7-3-1-4(8)6(11-12-10)5(9)2-3/h1-2H. The van der Waals surface area contributed by atoms with Crippen molar-refractivity contribution in [3.63, 3.8) is 0 Å². The van der Waals surface area contributed by atoms with Crippen molar-refractivity contribution < 1.29 is 0 Å². The number of hydrogen-bond acceptors (Lipinski definition) is 1.